The van der Waals surface area contributed by atoms with E-state index in [0.29, 0.717) is 30.1 Å². The Kier molecular flexibility index (Phi) is 6.71. The highest BCUT2D eigenvalue weighted by molar-refractivity contribution is 7.92. The second-order valence-electron chi connectivity index (χ2n) is 10.2. The zero-order valence-corrected chi connectivity index (χ0v) is 20.8. The molecule has 1 amide bonds. The van der Waals surface area contributed by atoms with Gasteiger partial charge in [0.15, 0.2) is 0 Å². The van der Waals surface area contributed by atoms with Gasteiger partial charge in [-0.25, -0.2) is 13.4 Å². The van der Waals surface area contributed by atoms with Crippen molar-refractivity contribution >= 4 is 33.1 Å². The Labute approximate surface area is 207 Å². The number of pyridine rings is 1. The summed E-state index contributed by atoms with van der Waals surface area (Å²) < 4.78 is 62.5. The van der Waals surface area contributed by atoms with Gasteiger partial charge >= 0.3 is 5.51 Å². The van der Waals surface area contributed by atoms with E-state index in [0.717, 1.165) is 31.0 Å². The molecule has 1 aliphatic heterocycles. The molecule has 2 fully saturated rings. The number of benzene rings is 1. The molecule has 1 saturated heterocycles. The molecule has 0 bridgehead atoms. The maximum absolute atomic E-state index is 13.2. The van der Waals surface area contributed by atoms with Gasteiger partial charge in [-0.3, -0.25) is 4.79 Å². The number of aliphatic hydroxyl groups excluding tert-OH is 1. The molecule has 1 aromatic carbocycles. The summed E-state index contributed by atoms with van der Waals surface area (Å²) in [5.74, 6) is 0.255. The lowest BCUT2D eigenvalue weighted by molar-refractivity contribution is -0.0436. The fourth-order valence-electron chi connectivity index (χ4n) is 4.27. The van der Waals surface area contributed by atoms with Crippen molar-refractivity contribution in [3.05, 3.63) is 42.0 Å². The normalized spacial score (nSPS) is 17.7. The zero-order chi connectivity index (χ0) is 26.4. The molecule has 36 heavy (non-hydrogen) atoms. The van der Waals surface area contributed by atoms with Gasteiger partial charge in [0.25, 0.3) is 15.7 Å². The van der Waals surface area contributed by atoms with Crippen LogP contribution in [0.3, 0.4) is 0 Å². The Morgan fingerprint density at radius 1 is 1.11 bits per heavy atom. The van der Waals surface area contributed by atoms with E-state index in [1.807, 2.05) is 4.90 Å². The van der Waals surface area contributed by atoms with Crippen molar-refractivity contribution in [3.8, 4) is 0 Å². The third-order valence-corrected chi connectivity index (χ3v) is 8.25. The molecule has 0 atom stereocenters. The number of amides is 1. The van der Waals surface area contributed by atoms with Crippen molar-refractivity contribution in [1.29, 1.82) is 0 Å². The summed E-state index contributed by atoms with van der Waals surface area (Å²) in [7, 11) is -5.56. The van der Waals surface area contributed by atoms with Crippen LogP contribution in [0, 0.1) is 5.41 Å². The molecule has 1 aliphatic carbocycles. The first-order valence-corrected chi connectivity index (χ1v) is 13.1. The molecule has 1 aromatic heterocycles. The summed E-state index contributed by atoms with van der Waals surface area (Å²) >= 11 is 0. The molecule has 3 N–H and O–H groups in total. The number of piperidine rings is 1. The number of nitrogens with one attached hydrogen (secondary N) is 2. The Balaban J connectivity index is 1.62. The van der Waals surface area contributed by atoms with E-state index < -0.39 is 31.7 Å². The minimum Gasteiger partial charge on any atom is -0.394 e. The number of nitrogens with zero attached hydrogens (tertiary/aromatic N) is 2. The number of carbonyl (C=O) groups is 1. The van der Waals surface area contributed by atoms with Crippen molar-refractivity contribution in [2.24, 2.45) is 5.41 Å². The molecule has 1 spiro atoms. The van der Waals surface area contributed by atoms with Gasteiger partial charge in [0.2, 0.25) is 0 Å². The molecule has 12 heteroatoms. The number of hydrogen-bond donors (Lipinski definition) is 3. The molecule has 1 saturated carbocycles. The van der Waals surface area contributed by atoms with Gasteiger partial charge < -0.3 is 20.6 Å². The fraction of sp³-hybridized carbons (Fsp3) is 0.500. The quantitative estimate of drug-likeness (QED) is 0.496. The molecule has 4 rings (SSSR count). The van der Waals surface area contributed by atoms with Crippen molar-refractivity contribution < 1.29 is 31.5 Å². The number of hydrogen-bond acceptors (Lipinski definition) is 7. The molecular formula is C24H29F3N4O4S. The minimum atomic E-state index is -5.56. The predicted molar refractivity (Wildman–Crippen MR) is 130 cm³/mol. The first kappa shape index (κ1) is 26.2. The van der Waals surface area contributed by atoms with Crippen molar-refractivity contribution in [3.63, 3.8) is 0 Å². The van der Waals surface area contributed by atoms with Gasteiger partial charge in [0.1, 0.15) is 11.6 Å². The Morgan fingerprint density at radius 2 is 1.78 bits per heavy atom. The molecule has 2 aliphatic rings. The lowest BCUT2D eigenvalue weighted by Gasteiger charge is -2.34. The highest BCUT2D eigenvalue weighted by atomic mass is 32.2. The van der Waals surface area contributed by atoms with E-state index in [-0.39, 0.29) is 17.9 Å². The van der Waals surface area contributed by atoms with Crippen molar-refractivity contribution in [1.82, 2.24) is 4.98 Å². The molecule has 2 heterocycles. The largest absolute Gasteiger partial charge is 0.501 e. The van der Waals surface area contributed by atoms with Crippen LogP contribution >= 0.6 is 0 Å². The number of anilines is 3. The molecular weight excluding hydrogens is 497 g/mol. The van der Waals surface area contributed by atoms with Gasteiger partial charge in [-0.1, -0.05) is 6.07 Å². The standard InChI is InChI=1S/C24H29F3N4O4S/c1-22(2,15-32)30-19-7-6-18(20(29-19)31-12-10-23(8-9-23)11-13-31)21(33)28-16-4-3-5-17(14-16)36(34,35)24(25,26)27/h3-7,14,32H,8-13,15H2,1-2H3,(H,28,33)(H,29,30). The Morgan fingerprint density at radius 3 is 2.36 bits per heavy atom. The highest BCUT2D eigenvalue weighted by Crippen LogP contribution is 2.54. The van der Waals surface area contributed by atoms with Crippen molar-refractivity contribution in [2.45, 2.75) is 55.5 Å². The lowest BCUT2D eigenvalue weighted by atomic mass is 9.93. The van der Waals surface area contributed by atoms with Gasteiger partial charge in [0, 0.05) is 18.8 Å². The average molecular weight is 527 g/mol. The number of aliphatic hydroxyl groups is 1. The second kappa shape index (κ2) is 9.22. The number of carbonyl (C=O) groups excluding carboxylic acids is 1. The van der Waals surface area contributed by atoms with Crippen LogP contribution < -0.4 is 15.5 Å². The highest BCUT2D eigenvalue weighted by Gasteiger charge is 2.47. The summed E-state index contributed by atoms with van der Waals surface area (Å²) in [6.07, 6.45) is 4.36. The second-order valence-corrected chi connectivity index (χ2v) is 12.1. The summed E-state index contributed by atoms with van der Waals surface area (Å²) in [5.41, 5.74) is -5.60. The van der Waals surface area contributed by atoms with E-state index in [4.69, 9.17) is 0 Å². The number of rotatable bonds is 7. The minimum absolute atomic E-state index is 0.0875. The summed E-state index contributed by atoms with van der Waals surface area (Å²) in [4.78, 5) is 18.9. The van der Waals surface area contributed by atoms with E-state index >= 15 is 0 Å². The number of sulfone groups is 1. The van der Waals surface area contributed by atoms with Gasteiger partial charge in [-0.2, -0.15) is 13.2 Å². The van der Waals surface area contributed by atoms with E-state index in [2.05, 4.69) is 15.6 Å². The van der Waals surface area contributed by atoms with E-state index in [1.165, 1.54) is 18.9 Å². The monoisotopic (exact) mass is 526 g/mol. The zero-order valence-electron chi connectivity index (χ0n) is 20.0. The first-order valence-electron chi connectivity index (χ1n) is 11.6. The van der Waals surface area contributed by atoms with Crippen LogP contribution in [0.25, 0.3) is 0 Å². The average Bonchev–Trinajstić information content (AvgIpc) is 3.57. The third kappa shape index (κ3) is 5.44. The van der Waals surface area contributed by atoms with Crippen LogP contribution in [-0.4, -0.2) is 55.2 Å². The molecule has 0 unspecified atom stereocenters. The Hall–Kier alpha value is -2.86. The number of aromatic nitrogens is 1. The van der Waals surface area contributed by atoms with E-state index in [1.54, 1.807) is 26.0 Å². The van der Waals surface area contributed by atoms with Crippen LogP contribution in [0.1, 0.15) is 49.9 Å². The Bertz CT molecular complexity index is 1250. The number of halogens is 3. The lowest BCUT2D eigenvalue weighted by Crippen LogP contribution is -2.38. The van der Waals surface area contributed by atoms with Crippen LogP contribution in [0.2, 0.25) is 0 Å². The topological polar surface area (TPSA) is 112 Å². The molecule has 196 valence electrons. The van der Waals surface area contributed by atoms with Crippen LogP contribution in [0.4, 0.5) is 30.5 Å². The molecule has 0 radical (unpaired) electrons. The van der Waals surface area contributed by atoms with Crippen LogP contribution in [-0.2, 0) is 9.84 Å². The van der Waals surface area contributed by atoms with Crippen molar-refractivity contribution in [2.75, 3.05) is 35.2 Å². The summed E-state index contributed by atoms with van der Waals surface area (Å²) in [6.45, 7) is 4.87. The first-order chi connectivity index (χ1) is 16.8. The van der Waals surface area contributed by atoms with Gasteiger partial charge in [-0.05, 0) is 75.3 Å². The van der Waals surface area contributed by atoms with Crippen LogP contribution in [0.5, 0.6) is 0 Å². The maximum atomic E-state index is 13.2. The summed E-state index contributed by atoms with van der Waals surface area (Å²) in [5, 5.41) is 15.2. The smallest absolute Gasteiger partial charge is 0.394 e. The number of alkyl halides is 3. The maximum Gasteiger partial charge on any atom is 0.501 e. The fourth-order valence-corrected chi connectivity index (χ4v) is 5.07. The predicted octanol–water partition coefficient (Wildman–Crippen LogP) is 4.19. The van der Waals surface area contributed by atoms with Crippen LogP contribution in [0.15, 0.2) is 41.3 Å². The SMILES string of the molecule is CC(C)(CO)Nc1ccc(C(=O)Nc2cccc(S(=O)(=O)C(F)(F)F)c2)c(N2CCC3(CC2)CC3)n1. The summed E-state index contributed by atoms with van der Waals surface area (Å²) in [6, 6.07) is 7.22. The van der Waals surface area contributed by atoms with Gasteiger partial charge in [-0.15, -0.1) is 0 Å². The molecule has 8 nitrogen and oxygen atoms in total. The molecule has 2 aromatic rings. The third-order valence-electron chi connectivity index (χ3n) is 6.77. The van der Waals surface area contributed by atoms with Gasteiger partial charge in [0.05, 0.1) is 22.6 Å². The van der Waals surface area contributed by atoms with E-state index in [9.17, 15) is 31.5 Å².